The third kappa shape index (κ3) is 4.15. The topological polar surface area (TPSA) is 73.2 Å². The molecule has 0 bridgehead atoms. The van der Waals surface area contributed by atoms with Crippen LogP contribution in [0.4, 0.5) is 10.1 Å². The second-order valence-electron chi connectivity index (χ2n) is 6.11. The van der Waals surface area contributed by atoms with Gasteiger partial charge >= 0.3 is 0 Å². The molecule has 0 saturated carbocycles. The summed E-state index contributed by atoms with van der Waals surface area (Å²) < 4.78 is 40.4. The van der Waals surface area contributed by atoms with Gasteiger partial charge in [0, 0.05) is 24.2 Å². The van der Waals surface area contributed by atoms with Crippen LogP contribution in [0.25, 0.3) is 0 Å². The van der Waals surface area contributed by atoms with Crippen molar-refractivity contribution in [2.75, 3.05) is 18.0 Å². The van der Waals surface area contributed by atoms with Gasteiger partial charge in [-0.05, 0) is 55.3 Å². The molecule has 5 nitrogen and oxygen atoms in total. The molecule has 2 aromatic rings. The highest BCUT2D eigenvalue weighted by atomic mass is 35.5. The van der Waals surface area contributed by atoms with Crippen LogP contribution in [0, 0.1) is 17.1 Å². The first kappa shape index (κ1) is 18.6. The van der Waals surface area contributed by atoms with Gasteiger partial charge in [-0.1, -0.05) is 11.6 Å². The monoisotopic (exact) mass is 393 g/mol. The van der Waals surface area contributed by atoms with Gasteiger partial charge in [0.2, 0.25) is 10.0 Å². The van der Waals surface area contributed by atoms with Crippen molar-refractivity contribution in [3.8, 4) is 6.07 Å². The number of rotatable bonds is 4. The highest BCUT2D eigenvalue weighted by Crippen LogP contribution is 2.27. The molecule has 0 atom stereocenters. The second kappa shape index (κ2) is 7.62. The summed E-state index contributed by atoms with van der Waals surface area (Å²) in [5.74, 6) is -0.478. The smallest absolute Gasteiger partial charge is 0.240 e. The van der Waals surface area contributed by atoms with Crippen molar-refractivity contribution in [1.82, 2.24) is 4.72 Å². The van der Waals surface area contributed by atoms with Crippen LogP contribution >= 0.6 is 11.6 Å². The molecule has 1 aliphatic rings. The normalized spacial score (nSPS) is 15.7. The number of hydrogen-bond acceptors (Lipinski definition) is 4. The van der Waals surface area contributed by atoms with Gasteiger partial charge < -0.3 is 4.90 Å². The van der Waals surface area contributed by atoms with E-state index in [1.165, 1.54) is 12.1 Å². The van der Waals surface area contributed by atoms with Gasteiger partial charge in [0.15, 0.2) is 0 Å². The Morgan fingerprint density at radius 1 is 1.15 bits per heavy atom. The van der Waals surface area contributed by atoms with E-state index in [0.29, 0.717) is 36.5 Å². The Morgan fingerprint density at radius 2 is 1.81 bits per heavy atom. The molecular weight excluding hydrogens is 377 g/mol. The first-order valence-corrected chi connectivity index (χ1v) is 9.97. The molecule has 0 amide bonds. The number of nitrogens with zero attached hydrogens (tertiary/aromatic N) is 2. The summed E-state index contributed by atoms with van der Waals surface area (Å²) in [5, 5.41) is 9.78. The van der Waals surface area contributed by atoms with Crippen LogP contribution in [0.5, 0.6) is 0 Å². The fraction of sp³-hybridized carbons (Fsp3) is 0.278. The number of halogens is 2. The van der Waals surface area contributed by atoms with E-state index in [-0.39, 0.29) is 10.9 Å². The third-order valence-corrected chi connectivity index (χ3v) is 6.13. The number of piperidine rings is 1. The minimum atomic E-state index is -3.68. The van der Waals surface area contributed by atoms with Crippen LogP contribution in [0.1, 0.15) is 18.4 Å². The lowest BCUT2D eigenvalue weighted by Crippen LogP contribution is -2.44. The molecule has 136 valence electrons. The predicted molar refractivity (Wildman–Crippen MR) is 98.1 cm³/mol. The van der Waals surface area contributed by atoms with Crippen molar-refractivity contribution in [2.24, 2.45) is 0 Å². The molecule has 1 heterocycles. The molecule has 1 N–H and O–H groups in total. The Morgan fingerprint density at radius 3 is 2.42 bits per heavy atom. The van der Waals surface area contributed by atoms with E-state index in [0.717, 1.165) is 17.8 Å². The quantitative estimate of drug-likeness (QED) is 0.864. The van der Waals surface area contributed by atoms with E-state index in [9.17, 15) is 18.1 Å². The zero-order valence-corrected chi connectivity index (χ0v) is 15.4. The number of hydrogen-bond donors (Lipinski definition) is 1. The lowest BCUT2D eigenvalue weighted by Gasteiger charge is -2.34. The molecule has 0 radical (unpaired) electrons. The average molecular weight is 394 g/mol. The van der Waals surface area contributed by atoms with Crippen LogP contribution in [-0.2, 0) is 10.0 Å². The molecule has 1 saturated heterocycles. The number of benzene rings is 2. The maximum atomic E-state index is 13.0. The van der Waals surface area contributed by atoms with Crippen LogP contribution in [0.3, 0.4) is 0 Å². The first-order chi connectivity index (χ1) is 12.4. The number of nitrogens with one attached hydrogen (secondary N) is 1. The van der Waals surface area contributed by atoms with Gasteiger partial charge in [-0.15, -0.1) is 0 Å². The second-order valence-corrected chi connectivity index (χ2v) is 8.26. The molecule has 26 heavy (non-hydrogen) atoms. The van der Waals surface area contributed by atoms with Crippen molar-refractivity contribution in [3.05, 3.63) is 58.9 Å². The zero-order chi connectivity index (χ0) is 18.7. The van der Waals surface area contributed by atoms with Crippen molar-refractivity contribution >= 4 is 27.3 Å². The molecule has 0 aliphatic carbocycles. The van der Waals surface area contributed by atoms with E-state index in [1.54, 1.807) is 12.1 Å². The summed E-state index contributed by atoms with van der Waals surface area (Å²) in [6.45, 7) is 1.24. The standard InChI is InChI=1S/C18H17ClFN3O2S/c19-14-1-6-18(13(11-14)12-21)23-9-7-16(8-10-23)22-26(24,25)17-4-2-15(20)3-5-17/h1-6,11,16,22H,7-10H2. The number of nitriles is 1. The lowest BCUT2D eigenvalue weighted by molar-refractivity contribution is 0.460. The Balaban J connectivity index is 1.66. The van der Waals surface area contributed by atoms with Crippen LogP contribution in [0.2, 0.25) is 5.02 Å². The molecule has 3 rings (SSSR count). The largest absolute Gasteiger partial charge is 0.370 e. The minimum Gasteiger partial charge on any atom is -0.370 e. The molecular formula is C18H17ClFN3O2S. The maximum Gasteiger partial charge on any atom is 0.240 e. The van der Waals surface area contributed by atoms with E-state index in [4.69, 9.17) is 11.6 Å². The Bertz CT molecular complexity index is 934. The average Bonchev–Trinajstić information content (AvgIpc) is 2.62. The van der Waals surface area contributed by atoms with Gasteiger partial charge in [0.25, 0.3) is 0 Å². The molecule has 0 spiro atoms. The van der Waals surface area contributed by atoms with E-state index >= 15 is 0 Å². The summed E-state index contributed by atoms with van der Waals surface area (Å²) in [7, 11) is -3.68. The maximum absolute atomic E-state index is 13.0. The highest BCUT2D eigenvalue weighted by Gasteiger charge is 2.25. The van der Waals surface area contributed by atoms with Gasteiger partial charge in [-0.25, -0.2) is 17.5 Å². The van der Waals surface area contributed by atoms with E-state index in [1.807, 2.05) is 6.07 Å². The molecule has 2 aromatic carbocycles. The number of sulfonamides is 1. The fourth-order valence-corrected chi connectivity index (χ4v) is 4.49. The van der Waals surface area contributed by atoms with E-state index < -0.39 is 15.8 Å². The molecule has 0 unspecified atom stereocenters. The summed E-state index contributed by atoms with van der Waals surface area (Å²) >= 11 is 5.93. The third-order valence-electron chi connectivity index (χ3n) is 4.36. The van der Waals surface area contributed by atoms with Crippen LogP contribution < -0.4 is 9.62 Å². The first-order valence-electron chi connectivity index (χ1n) is 8.11. The zero-order valence-electron chi connectivity index (χ0n) is 13.8. The van der Waals surface area contributed by atoms with Crippen molar-refractivity contribution in [2.45, 2.75) is 23.8 Å². The molecule has 0 aromatic heterocycles. The van der Waals surface area contributed by atoms with Gasteiger partial charge in [-0.3, -0.25) is 0 Å². The lowest BCUT2D eigenvalue weighted by atomic mass is 10.0. The van der Waals surface area contributed by atoms with Gasteiger partial charge in [0.05, 0.1) is 16.1 Å². The van der Waals surface area contributed by atoms with Crippen molar-refractivity contribution in [3.63, 3.8) is 0 Å². The fourth-order valence-electron chi connectivity index (χ4n) is 3.01. The Labute approximate surface area is 157 Å². The summed E-state index contributed by atoms with van der Waals surface area (Å²) in [4.78, 5) is 2.10. The van der Waals surface area contributed by atoms with Gasteiger partial charge in [0.1, 0.15) is 11.9 Å². The summed E-state index contributed by atoms with van der Waals surface area (Å²) in [5.41, 5.74) is 1.31. The van der Waals surface area contributed by atoms with Crippen LogP contribution in [0.15, 0.2) is 47.4 Å². The Hall–Kier alpha value is -2.14. The summed E-state index contributed by atoms with van der Waals surface area (Å²) in [6.07, 6.45) is 1.21. The molecule has 1 fully saturated rings. The van der Waals surface area contributed by atoms with Gasteiger partial charge in [-0.2, -0.15) is 5.26 Å². The minimum absolute atomic E-state index is 0.0470. The highest BCUT2D eigenvalue weighted by molar-refractivity contribution is 7.89. The summed E-state index contributed by atoms with van der Waals surface area (Å²) in [6, 6.07) is 11.9. The van der Waals surface area contributed by atoms with Crippen LogP contribution in [-0.4, -0.2) is 27.5 Å². The molecule has 8 heteroatoms. The van der Waals surface area contributed by atoms with E-state index in [2.05, 4.69) is 15.7 Å². The predicted octanol–water partition coefficient (Wildman–Crippen LogP) is 3.30. The molecule has 1 aliphatic heterocycles. The van der Waals surface area contributed by atoms with Crippen molar-refractivity contribution in [1.29, 1.82) is 5.26 Å². The Kier molecular flexibility index (Phi) is 5.47. The SMILES string of the molecule is N#Cc1cc(Cl)ccc1N1CCC(NS(=O)(=O)c2ccc(F)cc2)CC1. The number of anilines is 1. The van der Waals surface area contributed by atoms with Crippen molar-refractivity contribution < 1.29 is 12.8 Å².